The SMILES string of the molecule is CC1CCC(C(O)c2nc3ccccc3cc2Br)CC1C. The molecule has 1 aliphatic rings. The number of hydrogen-bond donors (Lipinski definition) is 1. The summed E-state index contributed by atoms with van der Waals surface area (Å²) >= 11 is 3.59. The van der Waals surface area contributed by atoms with Crippen LogP contribution in [0.25, 0.3) is 10.9 Å². The number of aliphatic hydroxyl groups excluding tert-OH is 1. The number of para-hydroxylation sites is 1. The van der Waals surface area contributed by atoms with E-state index >= 15 is 0 Å². The molecule has 1 heterocycles. The molecule has 4 atom stereocenters. The second kappa shape index (κ2) is 6.05. The van der Waals surface area contributed by atoms with Crippen molar-refractivity contribution in [2.75, 3.05) is 0 Å². The second-order valence-corrected chi connectivity index (χ2v) is 7.38. The number of fused-ring (bicyclic) bond motifs is 1. The first-order valence-corrected chi connectivity index (χ1v) is 8.59. The molecule has 2 aromatic rings. The van der Waals surface area contributed by atoms with Gasteiger partial charge in [0.25, 0.3) is 0 Å². The zero-order valence-electron chi connectivity index (χ0n) is 12.6. The van der Waals surface area contributed by atoms with Crippen molar-refractivity contribution in [1.82, 2.24) is 4.98 Å². The molecule has 1 aromatic heterocycles. The Morgan fingerprint density at radius 1 is 1.19 bits per heavy atom. The van der Waals surface area contributed by atoms with Crippen molar-refractivity contribution < 1.29 is 5.11 Å². The normalized spacial score (nSPS) is 27.7. The summed E-state index contributed by atoms with van der Waals surface area (Å²) in [7, 11) is 0. The summed E-state index contributed by atoms with van der Waals surface area (Å²) in [6.45, 7) is 4.61. The zero-order chi connectivity index (χ0) is 15.0. The maximum Gasteiger partial charge on any atom is 0.0999 e. The molecular formula is C18H22BrNO. The average molecular weight is 348 g/mol. The van der Waals surface area contributed by atoms with Gasteiger partial charge in [-0.3, -0.25) is 0 Å². The van der Waals surface area contributed by atoms with Crippen molar-refractivity contribution in [3.05, 3.63) is 40.5 Å². The summed E-state index contributed by atoms with van der Waals surface area (Å²) in [4.78, 5) is 4.70. The maximum absolute atomic E-state index is 10.8. The van der Waals surface area contributed by atoms with E-state index < -0.39 is 6.10 Å². The van der Waals surface area contributed by atoms with Crippen LogP contribution in [0.5, 0.6) is 0 Å². The first-order valence-electron chi connectivity index (χ1n) is 7.79. The number of hydrogen-bond acceptors (Lipinski definition) is 2. The van der Waals surface area contributed by atoms with E-state index in [1.54, 1.807) is 0 Å². The van der Waals surface area contributed by atoms with Crippen LogP contribution in [-0.4, -0.2) is 10.1 Å². The Morgan fingerprint density at radius 3 is 2.71 bits per heavy atom. The van der Waals surface area contributed by atoms with Crippen molar-refractivity contribution in [3.8, 4) is 0 Å². The van der Waals surface area contributed by atoms with Gasteiger partial charge in [-0.25, -0.2) is 4.98 Å². The minimum Gasteiger partial charge on any atom is -0.386 e. The van der Waals surface area contributed by atoms with Gasteiger partial charge in [0.2, 0.25) is 0 Å². The molecule has 1 saturated carbocycles. The van der Waals surface area contributed by atoms with Gasteiger partial charge >= 0.3 is 0 Å². The number of pyridine rings is 1. The highest BCUT2D eigenvalue weighted by atomic mass is 79.9. The van der Waals surface area contributed by atoms with Gasteiger partial charge in [-0.15, -0.1) is 0 Å². The van der Waals surface area contributed by atoms with Gasteiger partial charge in [0.05, 0.1) is 17.3 Å². The lowest BCUT2D eigenvalue weighted by atomic mass is 9.73. The fraction of sp³-hybridized carbons (Fsp3) is 0.500. The molecule has 1 fully saturated rings. The molecule has 1 aliphatic carbocycles. The lowest BCUT2D eigenvalue weighted by Gasteiger charge is -2.34. The molecule has 0 amide bonds. The summed E-state index contributed by atoms with van der Waals surface area (Å²) in [6, 6.07) is 10.1. The molecule has 0 radical (unpaired) electrons. The summed E-state index contributed by atoms with van der Waals surface area (Å²) in [5.74, 6) is 1.76. The molecule has 0 spiro atoms. The van der Waals surface area contributed by atoms with Gasteiger partial charge < -0.3 is 5.11 Å². The highest BCUT2D eigenvalue weighted by molar-refractivity contribution is 9.10. The second-order valence-electron chi connectivity index (χ2n) is 6.52. The van der Waals surface area contributed by atoms with Gasteiger partial charge in [0.1, 0.15) is 0 Å². The third-order valence-corrected chi connectivity index (χ3v) is 5.71. The third kappa shape index (κ3) is 3.00. The number of rotatable bonds is 2. The summed E-state index contributed by atoms with van der Waals surface area (Å²) in [5.41, 5.74) is 1.74. The maximum atomic E-state index is 10.8. The van der Waals surface area contributed by atoms with E-state index in [2.05, 4.69) is 35.8 Å². The smallest absolute Gasteiger partial charge is 0.0999 e. The standard InChI is InChI=1S/C18H22BrNO/c1-11-7-8-14(9-12(11)2)18(21)17-15(19)10-13-5-3-4-6-16(13)20-17/h3-6,10-12,14,18,21H,7-9H2,1-2H3. The van der Waals surface area contributed by atoms with Crippen molar-refractivity contribution >= 4 is 26.8 Å². The molecule has 0 saturated heterocycles. The molecule has 3 heteroatoms. The van der Waals surface area contributed by atoms with E-state index in [1.165, 1.54) is 6.42 Å². The van der Waals surface area contributed by atoms with E-state index in [-0.39, 0.29) is 0 Å². The molecular weight excluding hydrogens is 326 g/mol. The van der Waals surface area contributed by atoms with Crippen LogP contribution in [0, 0.1) is 17.8 Å². The van der Waals surface area contributed by atoms with Crippen LogP contribution in [0.1, 0.15) is 44.9 Å². The van der Waals surface area contributed by atoms with E-state index in [9.17, 15) is 5.11 Å². The molecule has 0 bridgehead atoms. The Kier molecular flexibility index (Phi) is 4.32. The predicted octanol–water partition coefficient (Wildman–Crippen LogP) is 5.10. The van der Waals surface area contributed by atoms with Crippen molar-refractivity contribution in [3.63, 3.8) is 0 Å². The molecule has 3 rings (SSSR count). The Labute approximate surface area is 134 Å². The van der Waals surface area contributed by atoms with Gasteiger partial charge in [-0.05, 0) is 58.7 Å². The minimum atomic E-state index is -0.473. The van der Waals surface area contributed by atoms with E-state index in [0.717, 1.165) is 39.8 Å². The van der Waals surface area contributed by atoms with Gasteiger partial charge in [0, 0.05) is 9.86 Å². The molecule has 0 aliphatic heterocycles. The van der Waals surface area contributed by atoms with Crippen LogP contribution in [0.3, 0.4) is 0 Å². The van der Waals surface area contributed by atoms with Crippen LogP contribution in [0.4, 0.5) is 0 Å². The van der Waals surface area contributed by atoms with Crippen molar-refractivity contribution in [2.45, 2.75) is 39.2 Å². The minimum absolute atomic E-state index is 0.321. The van der Waals surface area contributed by atoms with Gasteiger partial charge in [-0.2, -0.15) is 0 Å². The first kappa shape index (κ1) is 15.0. The van der Waals surface area contributed by atoms with Crippen LogP contribution in [-0.2, 0) is 0 Å². The number of benzene rings is 1. The van der Waals surface area contributed by atoms with Crippen LogP contribution in [0.2, 0.25) is 0 Å². The summed E-state index contributed by atoms with van der Waals surface area (Å²) in [5, 5.41) is 11.9. The van der Waals surface area contributed by atoms with E-state index in [0.29, 0.717) is 11.8 Å². The Bertz CT molecular complexity index is 642. The number of aliphatic hydroxyl groups is 1. The molecule has 1 aromatic carbocycles. The van der Waals surface area contributed by atoms with Crippen molar-refractivity contribution in [2.24, 2.45) is 17.8 Å². The zero-order valence-corrected chi connectivity index (χ0v) is 14.2. The lowest BCUT2D eigenvalue weighted by Crippen LogP contribution is -2.25. The quantitative estimate of drug-likeness (QED) is 0.819. The first-order chi connectivity index (χ1) is 10.1. The largest absolute Gasteiger partial charge is 0.386 e. The highest BCUT2D eigenvalue weighted by Crippen LogP contribution is 2.41. The van der Waals surface area contributed by atoms with Gasteiger partial charge in [0.15, 0.2) is 0 Å². The summed E-state index contributed by atoms with van der Waals surface area (Å²) < 4.78 is 0.917. The van der Waals surface area contributed by atoms with Crippen LogP contribution in [0.15, 0.2) is 34.8 Å². The van der Waals surface area contributed by atoms with Crippen LogP contribution >= 0.6 is 15.9 Å². The Morgan fingerprint density at radius 2 is 1.95 bits per heavy atom. The molecule has 21 heavy (non-hydrogen) atoms. The van der Waals surface area contributed by atoms with Gasteiger partial charge in [-0.1, -0.05) is 38.5 Å². The molecule has 2 nitrogen and oxygen atoms in total. The monoisotopic (exact) mass is 347 g/mol. The van der Waals surface area contributed by atoms with Crippen molar-refractivity contribution in [1.29, 1.82) is 0 Å². The topological polar surface area (TPSA) is 33.1 Å². The number of nitrogens with zero attached hydrogens (tertiary/aromatic N) is 1. The Balaban J connectivity index is 1.90. The molecule has 4 unspecified atom stereocenters. The van der Waals surface area contributed by atoms with E-state index in [1.807, 2.05) is 24.3 Å². The lowest BCUT2D eigenvalue weighted by molar-refractivity contribution is 0.0528. The predicted molar refractivity (Wildman–Crippen MR) is 90.1 cm³/mol. The highest BCUT2D eigenvalue weighted by Gasteiger charge is 2.31. The van der Waals surface area contributed by atoms with Crippen LogP contribution < -0.4 is 0 Å². The molecule has 1 N–H and O–H groups in total. The van der Waals surface area contributed by atoms with E-state index in [4.69, 9.17) is 4.98 Å². The average Bonchev–Trinajstić information content (AvgIpc) is 2.48. The third-order valence-electron chi connectivity index (χ3n) is 5.07. The molecule has 112 valence electrons. The fourth-order valence-corrected chi connectivity index (χ4v) is 3.98. The summed E-state index contributed by atoms with van der Waals surface area (Å²) in [6.07, 6.45) is 2.91. The fourth-order valence-electron chi connectivity index (χ4n) is 3.41. The Hall–Kier alpha value is -0.930. The number of aromatic nitrogens is 1. The number of halogens is 1.